The Balaban J connectivity index is 1.75. The van der Waals surface area contributed by atoms with Gasteiger partial charge in [-0.15, -0.1) is 0 Å². The van der Waals surface area contributed by atoms with E-state index in [4.69, 9.17) is 9.47 Å². The monoisotopic (exact) mass is 466 g/mol. The van der Waals surface area contributed by atoms with Crippen LogP contribution in [0.1, 0.15) is 44.2 Å². The topological polar surface area (TPSA) is 71.6 Å². The summed E-state index contributed by atoms with van der Waals surface area (Å²) in [6.07, 6.45) is 6.99. The SMILES string of the molecule is C=C(NCC1CCC1)c1c(OC)cc(-c2cnc3cc(C(C)(C)C#N)ccn23)cc1OC(F)F. The molecule has 3 aromatic rings. The molecule has 8 heteroatoms. The minimum atomic E-state index is -3.00. The van der Waals surface area contributed by atoms with Gasteiger partial charge in [0.2, 0.25) is 0 Å². The van der Waals surface area contributed by atoms with Crippen LogP contribution in [0, 0.1) is 17.2 Å². The van der Waals surface area contributed by atoms with Gasteiger partial charge in [0, 0.05) is 24.0 Å². The molecule has 0 unspecified atom stereocenters. The lowest BCUT2D eigenvalue weighted by molar-refractivity contribution is -0.0501. The number of alkyl halides is 2. The third-order valence-electron chi connectivity index (χ3n) is 6.44. The zero-order valence-electron chi connectivity index (χ0n) is 19.6. The maximum absolute atomic E-state index is 13.3. The summed E-state index contributed by atoms with van der Waals surface area (Å²) in [5, 5.41) is 12.7. The van der Waals surface area contributed by atoms with Crippen molar-refractivity contribution in [3.05, 3.63) is 54.4 Å². The van der Waals surface area contributed by atoms with Crippen molar-refractivity contribution in [3.63, 3.8) is 0 Å². The standard InChI is InChI=1S/C26H28F2N4O2/c1-16(30-13-17-6-5-7-17)24-21(33-4)10-18(11-22(24)34-25(27)28)20-14-31-23-12-19(8-9-32(20)23)26(2,3)15-29/h8-12,14,17,25,30H,1,5-7,13H2,2-4H3. The third kappa shape index (κ3) is 4.56. The summed E-state index contributed by atoms with van der Waals surface area (Å²) in [5.74, 6) is 0.916. The maximum atomic E-state index is 13.3. The van der Waals surface area contributed by atoms with Crippen LogP contribution >= 0.6 is 0 Å². The van der Waals surface area contributed by atoms with Gasteiger partial charge in [-0.1, -0.05) is 13.0 Å². The van der Waals surface area contributed by atoms with Gasteiger partial charge in [0.05, 0.1) is 36.0 Å². The highest BCUT2D eigenvalue weighted by molar-refractivity contribution is 5.78. The predicted molar refractivity (Wildman–Crippen MR) is 127 cm³/mol. The third-order valence-corrected chi connectivity index (χ3v) is 6.44. The molecule has 2 heterocycles. The van der Waals surface area contributed by atoms with E-state index in [1.807, 2.05) is 36.6 Å². The van der Waals surface area contributed by atoms with Crippen molar-refractivity contribution in [2.45, 2.75) is 45.1 Å². The molecule has 0 bridgehead atoms. The molecule has 0 spiro atoms. The van der Waals surface area contributed by atoms with Crippen LogP contribution in [0.5, 0.6) is 11.5 Å². The summed E-state index contributed by atoms with van der Waals surface area (Å²) < 4.78 is 39.0. The molecular formula is C26H28F2N4O2. The first-order valence-corrected chi connectivity index (χ1v) is 11.2. The number of benzene rings is 1. The molecular weight excluding hydrogens is 438 g/mol. The molecule has 34 heavy (non-hydrogen) atoms. The van der Waals surface area contributed by atoms with Gasteiger partial charge in [-0.2, -0.15) is 14.0 Å². The summed E-state index contributed by atoms with van der Waals surface area (Å²) in [4.78, 5) is 4.47. The maximum Gasteiger partial charge on any atom is 0.387 e. The molecule has 4 rings (SSSR count). The first-order valence-electron chi connectivity index (χ1n) is 11.2. The number of pyridine rings is 1. The van der Waals surface area contributed by atoms with Crippen LogP contribution in [0.15, 0.2) is 43.2 Å². The zero-order chi connectivity index (χ0) is 24.5. The fourth-order valence-electron chi connectivity index (χ4n) is 4.09. The fourth-order valence-corrected chi connectivity index (χ4v) is 4.09. The molecule has 1 aliphatic carbocycles. The van der Waals surface area contributed by atoms with Crippen LogP contribution < -0.4 is 14.8 Å². The predicted octanol–water partition coefficient (Wildman–Crippen LogP) is 5.77. The van der Waals surface area contributed by atoms with Gasteiger partial charge < -0.3 is 14.8 Å². The molecule has 1 fully saturated rings. The number of aromatic nitrogens is 2. The van der Waals surface area contributed by atoms with Gasteiger partial charge in [-0.05, 0) is 62.4 Å². The number of hydrogen-bond acceptors (Lipinski definition) is 5. The number of methoxy groups -OCH3 is 1. The van der Waals surface area contributed by atoms with E-state index in [2.05, 4.69) is 22.9 Å². The highest BCUT2D eigenvalue weighted by Gasteiger charge is 2.24. The average molecular weight is 467 g/mol. The Hall–Kier alpha value is -3.60. The van der Waals surface area contributed by atoms with Crippen LogP contribution in [0.3, 0.4) is 0 Å². The van der Waals surface area contributed by atoms with Crippen molar-refractivity contribution in [2.24, 2.45) is 5.92 Å². The van der Waals surface area contributed by atoms with E-state index in [0.717, 1.165) is 24.9 Å². The number of imidazole rings is 1. The zero-order valence-corrected chi connectivity index (χ0v) is 19.6. The summed E-state index contributed by atoms with van der Waals surface area (Å²) in [7, 11) is 1.48. The van der Waals surface area contributed by atoms with E-state index in [9.17, 15) is 14.0 Å². The quantitative estimate of drug-likeness (QED) is 0.433. The van der Waals surface area contributed by atoms with E-state index >= 15 is 0 Å². The molecule has 1 N–H and O–H groups in total. The van der Waals surface area contributed by atoms with Crippen LogP contribution in [-0.2, 0) is 5.41 Å². The molecule has 1 saturated carbocycles. The summed E-state index contributed by atoms with van der Waals surface area (Å²) >= 11 is 0. The summed E-state index contributed by atoms with van der Waals surface area (Å²) in [6.45, 7) is 5.46. The molecule has 0 saturated heterocycles. The number of nitriles is 1. The van der Waals surface area contributed by atoms with Gasteiger partial charge in [-0.25, -0.2) is 4.98 Å². The Morgan fingerprint density at radius 1 is 1.32 bits per heavy atom. The van der Waals surface area contributed by atoms with Crippen molar-refractivity contribution in [3.8, 4) is 28.8 Å². The number of rotatable bonds is 9. The van der Waals surface area contributed by atoms with E-state index in [1.54, 1.807) is 18.3 Å². The average Bonchev–Trinajstić information content (AvgIpc) is 3.20. The number of ether oxygens (including phenoxy) is 2. The molecule has 0 amide bonds. The lowest BCUT2D eigenvalue weighted by Gasteiger charge is -2.27. The number of halogens is 2. The smallest absolute Gasteiger partial charge is 0.387 e. The highest BCUT2D eigenvalue weighted by atomic mass is 19.3. The molecule has 0 radical (unpaired) electrons. The van der Waals surface area contributed by atoms with Crippen LogP contribution in [0.25, 0.3) is 22.6 Å². The number of nitrogens with zero attached hydrogens (tertiary/aromatic N) is 3. The second-order valence-electron chi connectivity index (χ2n) is 9.11. The van der Waals surface area contributed by atoms with Gasteiger partial charge in [0.15, 0.2) is 0 Å². The molecule has 0 aliphatic heterocycles. The molecule has 0 atom stereocenters. The van der Waals surface area contributed by atoms with Crippen LogP contribution in [0.2, 0.25) is 0 Å². The van der Waals surface area contributed by atoms with Crippen molar-refractivity contribution in [2.75, 3.05) is 13.7 Å². The van der Waals surface area contributed by atoms with Crippen molar-refractivity contribution >= 4 is 11.3 Å². The Labute approximate surface area is 197 Å². The molecule has 2 aromatic heterocycles. The van der Waals surface area contributed by atoms with E-state index in [0.29, 0.717) is 39.8 Å². The van der Waals surface area contributed by atoms with Gasteiger partial charge in [0.1, 0.15) is 17.1 Å². The Bertz CT molecular complexity index is 1260. The normalized spacial score (nSPS) is 14.0. The summed E-state index contributed by atoms with van der Waals surface area (Å²) in [5.41, 5.74) is 2.94. The van der Waals surface area contributed by atoms with E-state index < -0.39 is 12.0 Å². The van der Waals surface area contributed by atoms with E-state index in [-0.39, 0.29) is 5.75 Å². The summed E-state index contributed by atoms with van der Waals surface area (Å²) in [6, 6.07) is 9.31. The molecule has 178 valence electrons. The second-order valence-corrected chi connectivity index (χ2v) is 9.11. The van der Waals surface area contributed by atoms with E-state index in [1.165, 1.54) is 13.5 Å². The first-order chi connectivity index (χ1) is 16.2. The van der Waals surface area contributed by atoms with Gasteiger partial charge in [0.25, 0.3) is 0 Å². The number of fused-ring (bicyclic) bond motifs is 1. The van der Waals surface area contributed by atoms with Crippen LogP contribution in [-0.4, -0.2) is 29.7 Å². The molecule has 1 aromatic carbocycles. The first kappa shape index (κ1) is 23.6. The Kier molecular flexibility index (Phi) is 6.47. The minimum absolute atomic E-state index is 0.0207. The molecule has 1 aliphatic rings. The lowest BCUT2D eigenvalue weighted by atomic mass is 9.85. The van der Waals surface area contributed by atoms with Crippen molar-refractivity contribution in [1.82, 2.24) is 14.7 Å². The highest BCUT2D eigenvalue weighted by Crippen LogP contribution is 2.39. The fraction of sp³-hybridized carbons (Fsp3) is 0.385. The second kappa shape index (κ2) is 9.34. The van der Waals surface area contributed by atoms with Gasteiger partial charge in [-0.3, -0.25) is 4.40 Å². The van der Waals surface area contributed by atoms with Crippen molar-refractivity contribution in [1.29, 1.82) is 5.26 Å². The minimum Gasteiger partial charge on any atom is -0.496 e. The number of nitrogens with one attached hydrogen (secondary N) is 1. The Morgan fingerprint density at radius 2 is 2.06 bits per heavy atom. The van der Waals surface area contributed by atoms with Crippen LogP contribution in [0.4, 0.5) is 8.78 Å². The largest absolute Gasteiger partial charge is 0.496 e. The molecule has 6 nitrogen and oxygen atoms in total. The van der Waals surface area contributed by atoms with Crippen molar-refractivity contribution < 1.29 is 18.3 Å². The number of hydrogen-bond donors (Lipinski definition) is 1. The van der Waals surface area contributed by atoms with Gasteiger partial charge >= 0.3 is 6.61 Å². The Morgan fingerprint density at radius 3 is 2.68 bits per heavy atom. The lowest BCUT2D eigenvalue weighted by Crippen LogP contribution is -2.26.